The molecule has 100 valence electrons. The Bertz CT molecular complexity index is 766. The smallest absolute Gasteiger partial charge is 0.255 e. The normalized spacial score (nSPS) is 10.6. The summed E-state index contributed by atoms with van der Waals surface area (Å²) in [4.78, 5) is 15.9. The number of amides is 1. The molecule has 0 saturated carbocycles. The first-order valence-electron chi connectivity index (χ1n) is 6.19. The van der Waals surface area contributed by atoms with Crippen molar-refractivity contribution in [2.45, 2.75) is 6.54 Å². The van der Waals surface area contributed by atoms with Gasteiger partial charge in [-0.2, -0.15) is 0 Å². The third-order valence-corrected chi connectivity index (χ3v) is 3.95. The van der Waals surface area contributed by atoms with E-state index in [1.54, 1.807) is 29.7 Å². The van der Waals surface area contributed by atoms with E-state index >= 15 is 0 Å². The highest BCUT2D eigenvalue weighted by Gasteiger charge is 2.09. The number of hydrogen-bond donors (Lipinski definition) is 2. The summed E-state index contributed by atoms with van der Waals surface area (Å²) in [6, 6.07) is 11.6. The topological polar surface area (TPSA) is 68.0 Å². The maximum atomic E-state index is 12.0. The van der Waals surface area contributed by atoms with Gasteiger partial charge in [-0.1, -0.05) is 6.07 Å². The summed E-state index contributed by atoms with van der Waals surface area (Å²) >= 11 is 1.71. The van der Waals surface area contributed by atoms with E-state index in [0.717, 1.165) is 5.56 Å². The zero-order valence-corrected chi connectivity index (χ0v) is 11.5. The standard InChI is InChI=1S/C15H13N3OS/c16-14-12(2-1-6-17-14)15(19)18-9-10-3-4-13-11(8-10)5-7-20-13/h1-8H,9H2,(H2,16,17)(H,18,19). The van der Waals surface area contributed by atoms with Crippen LogP contribution in [0.2, 0.25) is 0 Å². The number of nitrogen functional groups attached to an aromatic ring is 1. The van der Waals surface area contributed by atoms with Gasteiger partial charge in [0.25, 0.3) is 5.91 Å². The number of anilines is 1. The van der Waals surface area contributed by atoms with Crippen LogP contribution in [0, 0.1) is 0 Å². The molecule has 0 aliphatic heterocycles. The van der Waals surface area contributed by atoms with Crippen molar-refractivity contribution in [1.82, 2.24) is 10.3 Å². The number of nitrogens with two attached hydrogens (primary N) is 1. The van der Waals surface area contributed by atoms with Crippen LogP contribution in [-0.2, 0) is 6.54 Å². The van der Waals surface area contributed by atoms with Crippen molar-refractivity contribution >= 4 is 33.1 Å². The molecule has 0 spiro atoms. The SMILES string of the molecule is Nc1ncccc1C(=O)NCc1ccc2sccc2c1. The molecule has 3 aromatic rings. The van der Waals surface area contributed by atoms with E-state index in [1.807, 2.05) is 6.07 Å². The van der Waals surface area contributed by atoms with Crippen molar-refractivity contribution in [3.05, 3.63) is 59.1 Å². The van der Waals surface area contributed by atoms with Gasteiger partial charge in [-0.15, -0.1) is 11.3 Å². The molecule has 2 heterocycles. The van der Waals surface area contributed by atoms with Gasteiger partial charge in [0.1, 0.15) is 5.82 Å². The van der Waals surface area contributed by atoms with Crippen LogP contribution in [0.5, 0.6) is 0 Å². The van der Waals surface area contributed by atoms with Gasteiger partial charge in [0.05, 0.1) is 5.56 Å². The Morgan fingerprint density at radius 3 is 3.05 bits per heavy atom. The summed E-state index contributed by atoms with van der Waals surface area (Å²) in [6.45, 7) is 0.471. The Morgan fingerprint density at radius 1 is 1.30 bits per heavy atom. The lowest BCUT2D eigenvalue weighted by molar-refractivity contribution is 0.0951. The molecule has 0 aliphatic rings. The van der Waals surface area contributed by atoms with Gasteiger partial charge in [0.15, 0.2) is 0 Å². The summed E-state index contributed by atoms with van der Waals surface area (Å²) in [6.07, 6.45) is 1.57. The van der Waals surface area contributed by atoms with E-state index in [-0.39, 0.29) is 11.7 Å². The van der Waals surface area contributed by atoms with Crippen LogP contribution in [0.25, 0.3) is 10.1 Å². The van der Waals surface area contributed by atoms with Crippen LogP contribution >= 0.6 is 11.3 Å². The van der Waals surface area contributed by atoms with E-state index in [2.05, 4.69) is 33.9 Å². The zero-order chi connectivity index (χ0) is 13.9. The van der Waals surface area contributed by atoms with Crippen molar-refractivity contribution in [2.75, 3.05) is 5.73 Å². The molecule has 1 amide bonds. The Hall–Kier alpha value is -2.40. The molecular formula is C15H13N3OS. The molecule has 5 heteroatoms. The van der Waals surface area contributed by atoms with Gasteiger partial charge < -0.3 is 11.1 Å². The molecule has 4 nitrogen and oxygen atoms in total. The van der Waals surface area contributed by atoms with Gasteiger partial charge in [0.2, 0.25) is 0 Å². The number of fused-ring (bicyclic) bond motifs is 1. The average Bonchev–Trinajstić information content (AvgIpc) is 2.92. The molecule has 2 aromatic heterocycles. The van der Waals surface area contributed by atoms with Gasteiger partial charge in [-0.05, 0) is 46.7 Å². The molecule has 0 saturated heterocycles. The quantitative estimate of drug-likeness (QED) is 0.776. The van der Waals surface area contributed by atoms with E-state index in [9.17, 15) is 4.79 Å². The van der Waals surface area contributed by atoms with Crippen molar-refractivity contribution in [1.29, 1.82) is 0 Å². The van der Waals surface area contributed by atoms with Crippen molar-refractivity contribution in [3.63, 3.8) is 0 Å². The predicted octanol–water partition coefficient (Wildman–Crippen LogP) is 2.81. The van der Waals surface area contributed by atoms with Crippen molar-refractivity contribution in [3.8, 4) is 0 Å². The summed E-state index contributed by atoms with van der Waals surface area (Å²) in [7, 11) is 0. The molecule has 0 atom stereocenters. The van der Waals surface area contributed by atoms with Crippen LogP contribution in [0.1, 0.15) is 15.9 Å². The van der Waals surface area contributed by atoms with E-state index in [1.165, 1.54) is 10.1 Å². The maximum Gasteiger partial charge on any atom is 0.255 e. The summed E-state index contributed by atoms with van der Waals surface area (Å²) in [5, 5.41) is 6.11. The average molecular weight is 283 g/mol. The minimum Gasteiger partial charge on any atom is -0.383 e. The van der Waals surface area contributed by atoms with Gasteiger partial charge >= 0.3 is 0 Å². The second kappa shape index (κ2) is 5.30. The monoisotopic (exact) mass is 283 g/mol. The van der Waals surface area contributed by atoms with Crippen LogP contribution in [0.4, 0.5) is 5.82 Å². The number of hydrogen-bond acceptors (Lipinski definition) is 4. The second-order valence-electron chi connectivity index (χ2n) is 4.41. The zero-order valence-electron chi connectivity index (χ0n) is 10.7. The number of nitrogens with one attached hydrogen (secondary N) is 1. The molecule has 0 radical (unpaired) electrons. The van der Waals surface area contributed by atoms with Crippen molar-refractivity contribution in [2.24, 2.45) is 0 Å². The lowest BCUT2D eigenvalue weighted by Gasteiger charge is -2.07. The fourth-order valence-corrected chi connectivity index (χ4v) is 2.78. The molecule has 3 N–H and O–H groups in total. The number of carbonyl (C=O) groups excluding carboxylic acids is 1. The van der Waals surface area contributed by atoms with Crippen LogP contribution in [0.15, 0.2) is 48.0 Å². The van der Waals surface area contributed by atoms with Crippen LogP contribution in [0.3, 0.4) is 0 Å². The Balaban J connectivity index is 1.73. The third kappa shape index (κ3) is 2.48. The third-order valence-electron chi connectivity index (χ3n) is 3.05. The van der Waals surface area contributed by atoms with Crippen molar-refractivity contribution < 1.29 is 4.79 Å². The lowest BCUT2D eigenvalue weighted by atomic mass is 10.1. The fraction of sp³-hybridized carbons (Fsp3) is 0.0667. The fourth-order valence-electron chi connectivity index (χ4n) is 2.01. The molecule has 3 rings (SSSR count). The first kappa shape index (κ1) is 12.6. The molecule has 0 bridgehead atoms. The lowest BCUT2D eigenvalue weighted by Crippen LogP contribution is -2.24. The first-order chi connectivity index (χ1) is 9.74. The molecule has 0 fully saturated rings. The Kier molecular flexibility index (Phi) is 3.35. The second-order valence-corrected chi connectivity index (χ2v) is 5.36. The molecule has 0 aliphatic carbocycles. The molecular weight excluding hydrogens is 270 g/mol. The highest BCUT2D eigenvalue weighted by atomic mass is 32.1. The number of benzene rings is 1. The van der Waals surface area contributed by atoms with Crippen LogP contribution in [-0.4, -0.2) is 10.9 Å². The summed E-state index contributed by atoms with van der Waals surface area (Å²) in [5.74, 6) is 0.0410. The summed E-state index contributed by atoms with van der Waals surface area (Å²) < 4.78 is 1.25. The minimum absolute atomic E-state index is 0.207. The van der Waals surface area contributed by atoms with E-state index < -0.39 is 0 Å². The Labute approximate surface area is 120 Å². The van der Waals surface area contributed by atoms with E-state index in [4.69, 9.17) is 5.73 Å². The van der Waals surface area contributed by atoms with Gasteiger partial charge in [-0.3, -0.25) is 4.79 Å². The summed E-state index contributed by atoms with van der Waals surface area (Å²) in [5.41, 5.74) is 7.15. The van der Waals surface area contributed by atoms with E-state index in [0.29, 0.717) is 12.1 Å². The number of nitrogens with zero attached hydrogens (tertiary/aromatic N) is 1. The maximum absolute atomic E-state index is 12.0. The molecule has 20 heavy (non-hydrogen) atoms. The predicted molar refractivity (Wildman–Crippen MR) is 81.6 cm³/mol. The van der Waals surface area contributed by atoms with Gasteiger partial charge in [0, 0.05) is 17.4 Å². The minimum atomic E-state index is -0.207. The number of thiophene rings is 1. The largest absolute Gasteiger partial charge is 0.383 e. The Morgan fingerprint density at radius 2 is 2.20 bits per heavy atom. The number of aromatic nitrogens is 1. The molecule has 1 aromatic carbocycles. The first-order valence-corrected chi connectivity index (χ1v) is 7.07. The molecule has 0 unspecified atom stereocenters. The highest BCUT2D eigenvalue weighted by Crippen LogP contribution is 2.21. The highest BCUT2D eigenvalue weighted by molar-refractivity contribution is 7.17. The van der Waals surface area contributed by atoms with Crippen LogP contribution < -0.4 is 11.1 Å². The number of carbonyl (C=O) groups is 1. The van der Waals surface area contributed by atoms with Gasteiger partial charge in [-0.25, -0.2) is 4.98 Å². The number of pyridine rings is 1. The number of rotatable bonds is 3.